The van der Waals surface area contributed by atoms with Crippen LogP contribution < -0.4 is 4.74 Å². The number of likely N-dealkylation sites (N-methyl/N-ethyl adjacent to an activating group) is 2. The topological polar surface area (TPSA) is 45.7 Å². The van der Waals surface area contributed by atoms with Crippen LogP contribution in [0.2, 0.25) is 5.15 Å². The second kappa shape index (κ2) is 15.0. The molecule has 0 aromatic carbocycles. The molecule has 25 heavy (non-hydrogen) atoms. The lowest BCUT2D eigenvalue weighted by molar-refractivity contribution is 0.110. The van der Waals surface area contributed by atoms with Crippen molar-refractivity contribution in [3.63, 3.8) is 0 Å². The number of aromatic nitrogens is 1. The first-order valence-corrected chi connectivity index (χ1v) is 9.02. The summed E-state index contributed by atoms with van der Waals surface area (Å²) in [6.45, 7) is 12.3. The van der Waals surface area contributed by atoms with E-state index in [0.717, 1.165) is 19.2 Å². The maximum Gasteiger partial charge on any atom is 0.226 e. The van der Waals surface area contributed by atoms with Crippen LogP contribution in [-0.4, -0.2) is 68.0 Å². The lowest BCUT2D eigenvalue weighted by Crippen LogP contribution is -2.35. The van der Waals surface area contributed by atoms with Gasteiger partial charge in [-0.15, -0.1) is 0 Å². The van der Waals surface area contributed by atoms with Gasteiger partial charge in [0, 0.05) is 19.6 Å². The molecule has 7 heteroatoms. The standard InChI is InChI=1S/C14H21ClFN3O2.2C2H6/c1-10(8-19(4)6-5-18(2)3)21-14-11(9-20)7-12(16)13(15)17-14;2*1-2/h7,9-10H,5-6,8H2,1-4H3;2*1-2H3. The lowest BCUT2D eigenvalue weighted by atomic mass is 10.3. The zero-order valence-electron chi connectivity index (χ0n) is 16.8. The Balaban J connectivity index is 0. The number of aldehydes is 1. The number of pyridine rings is 1. The molecule has 1 aromatic heterocycles. The summed E-state index contributed by atoms with van der Waals surface area (Å²) in [7, 11) is 6.00. The van der Waals surface area contributed by atoms with Gasteiger partial charge >= 0.3 is 0 Å². The van der Waals surface area contributed by atoms with Crippen molar-refractivity contribution in [2.45, 2.75) is 40.7 Å². The molecule has 1 rings (SSSR count). The minimum atomic E-state index is -0.734. The minimum absolute atomic E-state index is 0.0553. The Kier molecular flexibility index (Phi) is 15.6. The molecule has 1 unspecified atom stereocenters. The van der Waals surface area contributed by atoms with Crippen LogP contribution in [0.25, 0.3) is 0 Å². The fourth-order valence-electron chi connectivity index (χ4n) is 1.77. The van der Waals surface area contributed by atoms with E-state index in [1.54, 1.807) is 0 Å². The Morgan fingerprint density at radius 3 is 2.28 bits per heavy atom. The van der Waals surface area contributed by atoms with Gasteiger partial charge in [0.2, 0.25) is 5.88 Å². The fourth-order valence-corrected chi connectivity index (χ4v) is 1.90. The van der Waals surface area contributed by atoms with Crippen LogP contribution >= 0.6 is 11.6 Å². The van der Waals surface area contributed by atoms with Crippen LogP contribution in [0, 0.1) is 5.82 Å². The summed E-state index contributed by atoms with van der Waals surface area (Å²) < 4.78 is 18.8. The van der Waals surface area contributed by atoms with Crippen molar-refractivity contribution in [3.05, 3.63) is 22.6 Å². The number of rotatable bonds is 8. The Morgan fingerprint density at radius 1 is 1.24 bits per heavy atom. The predicted molar refractivity (Wildman–Crippen MR) is 103 cm³/mol. The summed E-state index contributed by atoms with van der Waals surface area (Å²) in [6, 6.07) is 1.03. The highest BCUT2D eigenvalue weighted by molar-refractivity contribution is 6.29. The zero-order valence-corrected chi connectivity index (χ0v) is 17.5. The van der Waals surface area contributed by atoms with Crippen LogP contribution in [0.4, 0.5) is 4.39 Å². The Labute approximate surface area is 157 Å². The van der Waals surface area contributed by atoms with E-state index in [1.807, 2.05) is 55.8 Å². The highest BCUT2D eigenvalue weighted by Gasteiger charge is 2.15. The van der Waals surface area contributed by atoms with Gasteiger partial charge in [-0.3, -0.25) is 4.79 Å². The third-order valence-electron chi connectivity index (χ3n) is 2.86. The summed E-state index contributed by atoms with van der Waals surface area (Å²) in [5.74, 6) is -0.674. The van der Waals surface area contributed by atoms with Gasteiger partial charge in [0.05, 0.1) is 5.56 Å². The second-order valence-electron chi connectivity index (χ2n) is 5.27. The maximum absolute atomic E-state index is 13.2. The summed E-state index contributed by atoms with van der Waals surface area (Å²) in [4.78, 5) is 18.9. The van der Waals surface area contributed by atoms with Crippen LogP contribution in [0.15, 0.2) is 6.07 Å². The SMILES string of the molecule is CC.CC.CC(CN(C)CCN(C)C)Oc1nc(Cl)c(F)cc1C=O. The van der Waals surface area contributed by atoms with Crippen molar-refractivity contribution in [1.82, 2.24) is 14.8 Å². The molecule has 0 aliphatic rings. The number of carbonyl (C=O) groups is 1. The van der Waals surface area contributed by atoms with E-state index < -0.39 is 5.82 Å². The first-order valence-electron chi connectivity index (χ1n) is 8.64. The van der Waals surface area contributed by atoms with Gasteiger partial charge in [-0.1, -0.05) is 39.3 Å². The molecule has 0 aliphatic carbocycles. The largest absolute Gasteiger partial charge is 0.473 e. The van der Waals surface area contributed by atoms with E-state index >= 15 is 0 Å². The van der Waals surface area contributed by atoms with Gasteiger partial charge in [0.1, 0.15) is 6.10 Å². The number of hydrogen-bond donors (Lipinski definition) is 0. The van der Waals surface area contributed by atoms with E-state index in [9.17, 15) is 9.18 Å². The van der Waals surface area contributed by atoms with Gasteiger partial charge in [-0.2, -0.15) is 4.98 Å². The van der Waals surface area contributed by atoms with E-state index in [1.165, 1.54) is 0 Å². The maximum atomic E-state index is 13.2. The molecule has 5 nitrogen and oxygen atoms in total. The van der Waals surface area contributed by atoms with Crippen LogP contribution in [0.1, 0.15) is 45.0 Å². The lowest BCUT2D eigenvalue weighted by Gasteiger charge is -2.23. The van der Waals surface area contributed by atoms with Crippen molar-refractivity contribution in [2.24, 2.45) is 0 Å². The van der Waals surface area contributed by atoms with E-state index in [0.29, 0.717) is 12.8 Å². The van der Waals surface area contributed by atoms with Crippen molar-refractivity contribution >= 4 is 17.9 Å². The van der Waals surface area contributed by atoms with Gasteiger partial charge in [-0.05, 0) is 34.1 Å². The van der Waals surface area contributed by atoms with Gasteiger partial charge in [0.15, 0.2) is 17.3 Å². The highest BCUT2D eigenvalue weighted by Crippen LogP contribution is 2.21. The molecule has 0 saturated heterocycles. The molecule has 0 fully saturated rings. The third-order valence-corrected chi connectivity index (χ3v) is 3.13. The molecule has 146 valence electrons. The molecule has 0 N–H and O–H groups in total. The van der Waals surface area contributed by atoms with Crippen molar-refractivity contribution in [2.75, 3.05) is 40.8 Å². The summed E-state index contributed by atoms with van der Waals surface area (Å²) in [5.41, 5.74) is 0.0553. The van der Waals surface area contributed by atoms with Crippen molar-refractivity contribution in [1.29, 1.82) is 0 Å². The van der Waals surface area contributed by atoms with E-state index in [2.05, 4.69) is 14.8 Å². The Morgan fingerprint density at radius 2 is 1.80 bits per heavy atom. The minimum Gasteiger partial charge on any atom is -0.473 e. The molecule has 1 heterocycles. The number of nitrogens with zero attached hydrogens (tertiary/aromatic N) is 3. The molecule has 0 aliphatic heterocycles. The smallest absolute Gasteiger partial charge is 0.226 e. The van der Waals surface area contributed by atoms with Crippen LogP contribution in [0.3, 0.4) is 0 Å². The fraction of sp³-hybridized carbons (Fsp3) is 0.667. The molecule has 0 radical (unpaired) electrons. The molecule has 0 bridgehead atoms. The van der Waals surface area contributed by atoms with Crippen LogP contribution in [0.5, 0.6) is 5.88 Å². The van der Waals surface area contributed by atoms with E-state index in [-0.39, 0.29) is 22.7 Å². The van der Waals surface area contributed by atoms with Crippen molar-refractivity contribution in [3.8, 4) is 5.88 Å². The molecule has 1 aromatic rings. The van der Waals surface area contributed by atoms with Crippen molar-refractivity contribution < 1.29 is 13.9 Å². The molecule has 0 amide bonds. The quantitative estimate of drug-likeness (QED) is 0.506. The average molecular weight is 378 g/mol. The third kappa shape index (κ3) is 11.1. The predicted octanol–water partition coefficient (Wildman–Crippen LogP) is 4.00. The summed E-state index contributed by atoms with van der Waals surface area (Å²) in [5, 5.41) is -0.302. The number of carbonyl (C=O) groups excluding carboxylic acids is 1. The highest BCUT2D eigenvalue weighted by atomic mass is 35.5. The molecule has 0 spiro atoms. The first kappa shape index (κ1) is 26.0. The zero-order chi connectivity index (χ0) is 20.0. The normalized spacial score (nSPS) is 11.2. The Bertz CT molecular complexity index is 488. The number of ether oxygens (including phenoxy) is 1. The molecular weight excluding hydrogens is 345 g/mol. The van der Waals surface area contributed by atoms with E-state index in [4.69, 9.17) is 16.3 Å². The number of hydrogen-bond acceptors (Lipinski definition) is 5. The molecule has 1 atom stereocenters. The summed E-state index contributed by atoms with van der Waals surface area (Å²) in [6.07, 6.45) is 0.300. The first-order chi connectivity index (χ1) is 11.8. The van der Waals surface area contributed by atoms with Gasteiger partial charge < -0.3 is 14.5 Å². The summed E-state index contributed by atoms with van der Waals surface area (Å²) >= 11 is 5.62. The molecule has 0 saturated carbocycles. The van der Waals surface area contributed by atoms with Gasteiger partial charge in [-0.25, -0.2) is 4.39 Å². The van der Waals surface area contributed by atoms with Gasteiger partial charge in [0.25, 0.3) is 0 Å². The second-order valence-corrected chi connectivity index (χ2v) is 5.63. The average Bonchev–Trinajstić information content (AvgIpc) is 2.59. The number of halogens is 2. The molecular formula is C18H33ClFN3O2. The van der Waals surface area contributed by atoms with Crippen LogP contribution in [-0.2, 0) is 0 Å². The monoisotopic (exact) mass is 377 g/mol. The Hall–Kier alpha value is -1.24.